The molecule has 2 aromatic rings. The van der Waals surface area contributed by atoms with E-state index in [0.29, 0.717) is 28.6 Å². The van der Waals surface area contributed by atoms with E-state index in [1.807, 2.05) is 18.2 Å². The molecule has 0 unspecified atom stereocenters. The van der Waals surface area contributed by atoms with Gasteiger partial charge in [0.15, 0.2) is 29.3 Å². The molecule has 126 valence electrons. The number of ether oxygens (including phenoxy) is 4. The van der Waals surface area contributed by atoms with Crippen molar-refractivity contribution in [3.05, 3.63) is 47.5 Å². The van der Waals surface area contributed by atoms with Crippen LogP contribution in [0.25, 0.3) is 11.6 Å². The van der Waals surface area contributed by atoms with Gasteiger partial charge in [-0.05, 0) is 41.5 Å². The molecule has 0 amide bonds. The maximum absolute atomic E-state index is 11.5. The van der Waals surface area contributed by atoms with Crippen LogP contribution < -0.4 is 18.9 Å². The van der Waals surface area contributed by atoms with Crippen LogP contribution in [-0.4, -0.2) is 34.7 Å². The van der Waals surface area contributed by atoms with E-state index in [4.69, 9.17) is 18.9 Å². The number of allylic oxidation sites excluding steroid dienone is 1. The molecule has 0 aliphatic heterocycles. The number of carbonyl (C=O) groups excluding carboxylic acids is 1. The van der Waals surface area contributed by atoms with E-state index in [2.05, 4.69) is 0 Å². The highest BCUT2D eigenvalue weighted by molar-refractivity contribution is 6.13. The molecule has 0 atom stereocenters. The van der Waals surface area contributed by atoms with Gasteiger partial charge in [0.2, 0.25) is 0 Å². The minimum atomic E-state index is 0.517. The summed E-state index contributed by atoms with van der Waals surface area (Å²) < 4.78 is 21.0. The highest BCUT2D eigenvalue weighted by Gasteiger charge is 2.09. The molecule has 0 saturated carbocycles. The average Bonchev–Trinajstić information content (AvgIpc) is 2.65. The van der Waals surface area contributed by atoms with Crippen molar-refractivity contribution in [2.24, 2.45) is 0 Å². The number of aldehydes is 1. The second-order valence-electron chi connectivity index (χ2n) is 4.90. The van der Waals surface area contributed by atoms with Crippen molar-refractivity contribution in [2.75, 3.05) is 28.4 Å². The molecule has 0 bridgehead atoms. The van der Waals surface area contributed by atoms with Crippen molar-refractivity contribution < 1.29 is 23.7 Å². The van der Waals surface area contributed by atoms with Crippen LogP contribution in [0, 0.1) is 0 Å². The molecule has 0 aliphatic carbocycles. The Morgan fingerprint density at radius 1 is 0.750 bits per heavy atom. The summed E-state index contributed by atoms with van der Waals surface area (Å²) >= 11 is 0. The highest BCUT2D eigenvalue weighted by Crippen LogP contribution is 2.32. The number of hydrogen-bond donors (Lipinski definition) is 0. The summed E-state index contributed by atoms with van der Waals surface area (Å²) in [5, 5.41) is 0. The Morgan fingerprint density at radius 2 is 1.29 bits per heavy atom. The summed E-state index contributed by atoms with van der Waals surface area (Å²) in [6.07, 6.45) is 2.58. The van der Waals surface area contributed by atoms with Gasteiger partial charge in [-0.25, -0.2) is 0 Å². The number of rotatable bonds is 7. The fraction of sp³-hybridized carbons (Fsp3) is 0.211. The van der Waals surface area contributed by atoms with Crippen LogP contribution in [0.1, 0.15) is 11.1 Å². The van der Waals surface area contributed by atoms with Gasteiger partial charge < -0.3 is 18.9 Å². The standard InChI is InChI=1S/C19H20O5/c1-21-16-7-5-13(10-18(16)23-3)9-15(12-20)14-6-8-17(22-2)19(11-14)24-4/h5-12H,1-4H3/b15-9+. The zero-order valence-corrected chi connectivity index (χ0v) is 14.2. The lowest BCUT2D eigenvalue weighted by Crippen LogP contribution is -1.94. The number of hydrogen-bond acceptors (Lipinski definition) is 5. The first kappa shape index (κ1) is 17.4. The number of benzene rings is 2. The van der Waals surface area contributed by atoms with E-state index in [-0.39, 0.29) is 0 Å². The van der Waals surface area contributed by atoms with E-state index in [1.165, 1.54) is 0 Å². The average molecular weight is 328 g/mol. The number of methoxy groups -OCH3 is 4. The predicted molar refractivity (Wildman–Crippen MR) is 93.0 cm³/mol. The zero-order chi connectivity index (χ0) is 17.5. The third-order valence-corrected chi connectivity index (χ3v) is 3.57. The van der Waals surface area contributed by atoms with E-state index in [9.17, 15) is 4.79 Å². The summed E-state index contributed by atoms with van der Waals surface area (Å²) in [4.78, 5) is 11.5. The molecule has 5 heteroatoms. The van der Waals surface area contributed by atoms with E-state index >= 15 is 0 Å². The Morgan fingerprint density at radius 3 is 1.83 bits per heavy atom. The SMILES string of the molecule is COc1ccc(/C=C(\C=O)c2ccc(OC)c(OC)c2)cc1OC. The summed E-state index contributed by atoms with van der Waals surface area (Å²) in [6, 6.07) is 10.8. The quantitative estimate of drug-likeness (QED) is 0.442. The third kappa shape index (κ3) is 3.68. The molecule has 0 radical (unpaired) electrons. The van der Waals surface area contributed by atoms with Crippen LogP contribution in [0.2, 0.25) is 0 Å². The molecule has 2 aromatic carbocycles. The van der Waals surface area contributed by atoms with E-state index in [0.717, 1.165) is 17.4 Å². The molecule has 5 nitrogen and oxygen atoms in total. The molecule has 0 aromatic heterocycles. The van der Waals surface area contributed by atoms with Gasteiger partial charge in [0.25, 0.3) is 0 Å². The monoisotopic (exact) mass is 328 g/mol. The van der Waals surface area contributed by atoms with Crippen molar-refractivity contribution in [2.45, 2.75) is 0 Å². The Bertz CT molecular complexity index is 749. The molecule has 2 rings (SSSR count). The van der Waals surface area contributed by atoms with E-state index in [1.54, 1.807) is 52.7 Å². The first-order valence-electron chi connectivity index (χ1n) is 7.28. The summed E-state index contributed by atoms with van der Waals surface area (Å²) in [7, 11) is 6.27. The molecule has 0 spiro atoms. The minimum absolute atomic E-state index is 0.517. The first-order chi connectivity index (χ1) is 11.7. The molecule has 0 saturated heterocycles. The van der Waals surface area contributed by atoms with Crippen molar-refractivity contribution >= 4 is 17.9 Å². The second-order valence-corrected chi connectivity index (χ2v) is 4.90. The van der Waals surface area contributed by atoms with Crippen LogP contribution >= 0.6 is 0 Å². The molecular weight excluding hydrogens is 308 g/mol. The molecule has 0 heterocycles. The van der Waals surface area contributed by atoms with Crippen LogP contribution in [0.3, 0.4) is 0 Å². The Kier molecular flexibility index (Phi) is 5.84. The lowest BCUT2D eigenvalue weighted by Gasteiger charge is -2.10. The van der Waals surface area contributed by atoms with E-state index < -0.39 is 0 Å². The van der Waals surface area contributed by atoms with Gasteiger partial charge in [-0.15, -0.1) is 0 Å². The maximum atomic E-state index is 11.5. The lowest BCUT2D eigenvalue weighted by molar-refractivity contribution is -0.103. The summed E-state index contributed by atoms with van der Waals surface area (Å²) in [6.45, 7) is 0. The second kappa shape index (κ2) is 8.06. The Labute approximate surface area is 141 Å². The third-order valence-electron chi connectivity index (χ3n) is 3.57. The van der Waals surface area contributed by atoms with Crippen molar-refractivity contribution in [3.8, 4) is 23.0 Å². The lowest BCUT2D eigenvalue weighted by atomic mass is 10.0. The van der Waals surface area contributed by atoms with Gasteiger partial charge in [0.1, 0.15) is 0 Å². The molecular formula is C19H20O5. The van der Waals surface area contributed by atoms with Crippen molar-refractivity contribution in [1.29, 1.82) is 0 Å². The van der Waals surface area contributed by atoms with Crippen LogP contribution in [0.4, 0.5) is 0 Å². The van der Waals surface area contributed by atoms with Gasteiger partial charge >= 0.3 is 0 Å². The number of carbonyl (C=O) groups is 1. The van der Waals surface area contributed by atoms with Gasteiger partial charge in [0.05, 0.1) is 28.4 Å². The smallest absolute Gasteiger partial charge is 0.161 e. The topological polar surface area (TPSA) is 54.0 Å². The Balaban J connectivity index is 2.44. The summed E-state index contributed by atoms with van der Waals surface area (Å²) in [5.74, 6) is 2.41. The van der Waals surface area contributed by atoms with Gasteiger partial charge in [-0.1, -0.05) is 12.1 Å². The van der Waals surface area contributed by atoms with Crippen LogP contribution in [0.5, 0.6) is 23.0 Å². The van der Waals surface area contributed by atoms with Gasteiger partial charge in [-0.2, -0.15) is 0 Å². The minimum Gasteiger partial charge on any atom is -0.493 e. The maximum Gasteiger partial charge on any atom is 0.161 e. The molecule has 0 fully saturated rings. The highest BCUT2D eigenvalue weighted by atomic mass is 16.5. The zero-order valence-electron chi connectivity index (χ0n) is 14.2. The van der Waals surface area contributed by atoms with Gasteiger partial charge in [0, 0.05) is 5.57 Å². The van der Waals surface area contributed by atoms with Crippen molar-refractivity contribution in [1.82, 2.24) is 0 Å². The summed E-state index contributed by atoms with van der Waals surface area (Å²) in [5.41, 5.74) is 2.07. The van der Waals surface area contributed by atoms with Gasteiger partial charge in [-0.3, -0.25) is 4.79 Å². The fourth-order valence-electron chi connectivity index (χ4n) is 2.32. The first-order valence-corrected chi connectivity index (χ1v) is 7.28. The molecule has 0 aliphatic rings. The fourth-order valence-corrected chi connectivity index (χ4v) is 2.32. The normalized spacial score (nSPS) is 10.9. The largest absolute Gasteiger partial charge is 0.493 e. The Hall–Kier alpha value is -2.95. The van der Waals surface area contributed by atoms with Crippen molar-refractivity contribution in [3.63, 3.8) is 0 Å². The molecule has 24 heavy (non-hydrogen) atoms. The van der Waals surface area contributed by atoms with Crippen LogP contribution in [0.15, 0.2) is 36.4 Å². The van der Waals surface area contributed by atoms with Crippen LogP contribution in [-0.2, 0) is 4.79 Å². The molecule has 0 N–H and O–H groups in total. The predicted octanol–water partition coefficient (Wildman–Crippen LogP) is 3.46.